The number of hydrogen-bond donors (Lipinski definition) is 1. The van der Waals surface area contributed by atoms with Gasteiger partial charge >= 0.3 is 0 Å². The van der Waals surface area contributed by atoms with Crippen molar-refractivity contribution in [3.05, 3.63) is 88.8 Å². The molecule has 0 aliphatic carbocycles. The quantitative estimate of drug-likeness (QED) is 0.510. The van der Waals surface area contributed by atoms with Gasteiger partial charge in [0, 0.05) is 29.0 Å². The molecule has 3 heterocycles. The average Bonchev–Trinajstić information content (AvgIpc) is 2.80. The second kappa shape index (κ2) is 8.70. The molecule has 2 N–H and O–H groups in total. The van der Waals surface area contributed by atoms with Crippen molar-refractivity contribution in [2.45, 2.75) is 40.3 Å². The van der Waals surface area contributed by atoms with Crippen LogP contribution in [-0.2, 0) is 6.54 Å². The Labute approximate surface area is 187 Å². The third-order valence-corrected chi connectivity index (χ3v) is 5.72. The largest absolute Gasteiger partial charge is 0.383 e. The Balaban J connectivity index is 1.74. The normalized spacial score (nSPS) is 12.0. The molecule has 0 saturated heterocycles. The highest BCUT2D eigenvalue weighted by atomic mass is 16.2. The van der Waals surface area contributed by atoms with Crippen LogP contribution in [0.15, 0.2) is 54.9 Å². The SMILES string of the molecule is Cc1ccc(CN(C(=O)c2ccc3nc(N)c(C)cc3c2)[C@H](C)c2ncccn2)nc1C. The van der Waals surface area contributed by atoms with Crippen molar-refractivity contribution >= 4 is 22.6 Å². The molecule has 7 nitrogen and oxygen atoms in total. The van der Waals surface area contributed by atoms with Crippen molar-refractivity contribution in [1.29, 1.82) is 0 Å². The minimum Gasteiger partial charge on any atom is -0.383 e. The summed E-state index contributed by atoms with van der Waals surface area (Å²) in [5.74, 6) is 0.950. The first-order valence-corrected chi connectivity index (χ1v) is 10.5. The molecule has 0 fully saturated rings. The summed E-state index contributed by atoms with van der Waals surface area (Å²) in [6.45, 7) is 8.17. The number of carbonyl (C=O) groups is 1. The molecule has 1 amide bonds. The molecule has 0 radical (unpaired) electrons. The highest BCUT2D eigenvalue weighted by Crippen LogP contribution is 2.25. The Morgan fingerprint density at radius 3 is 2.47 bits per heavy atom. The summed E-state index contributed by atoms with van der Waals surface area (Å²) in [6, 6.07) is 12.8. The standard InChI is InChI=1S/C25H26N6O/c1-15-6-8-21(29-17(15)3)14-31(18(4)24-27-10-5-11-28-24)25(32)19-7-9-22-20(13-19)12-16(2)23(26)30-22/h5-13,18H,14H2,1-4H3,(H2,26,30)/t18-/m1/s1. The third-order valence-electron chi connectivity index (χ3n) is 5.72. The molecule has 0 unspecified atom stereocenters. The van der Waals surface area contributed by atoms with Gasteiger partial charge in [-0.15, -0.1) is 0 Å². The monoisotopic (exact) mass is 426 g/mol. The summed E-state index contributed by atoms with van der Waals surface area (Å²) in [7, 11) is 0. The number of pyridine rings is 2. The van der Waals surface area contributed by atoms with Gasteiger partial charge in [0.15, 0.2) is 0 Å². The lowest BCUT2D eigenvalue weighted by Crippen LogP contribution is -2.34. The Kier molecular flexibility index (Phi) is 5.81. The van der Waals surface area contributed by atoms with Gasteiger partial charge in [0.1, 0.15) is 11.6 Å². The predicted molar refractivity (Wildman–Crippen MR) is 125 cm³/mol. The fraction of sp³-hybridized carbons (Fsp3) is 0.240. The molecular weight excluding hydrogens is 400 g/mol. The van der Waals surface area contributed by atoms with E-state index in [4.69, 9.17) is 5.73 Å². The molecular formula is C25H26N6O. The van der Waals surface area contributed by atoms with E-state index in [1.807, 2.05) is 58.0 Å². The number of nitrogen functional groups attached to an aromatic ring is 1. The van der Waals surface area contributed by atoms with Crippen LogP contribution >= 0.6 is 0 Å². The summed E-state index contributed by atoms with van der Waals surface area (Å²) in [5, 5.41) is 0.871. The van der Waals surface area contributed by atoms with Gasteiger partial charge in [-0.05, 0) is 75.2 Å². The van der Waals surface area contributed by atoms with Crippen molar-refractivity contribution in [1.82, 2.24) is 24.8 Å². The molecule has 3 aromatic heterocycles. The molecule has 0 bridgehead atoms. The lowest BCUT2D eigenvalue weighted by atomic mass is 10.1. The maximum atomic E-state index is 13.7. The van der Waals surface area contributed by atoms with Gasteiger partial charge in [0.25, 0.3) is 5.91 Å². The molecule has 0 spiro atoms. The first-order valence-electron chi connectivity index (χ1n) is 10.5. The van der Waals surface area contributed by atoms with Crippen molar-refractivity contribution < 1.29 is 4.79 Å². The lowest BCUT2D eigenvalue weighted by Gasteiger charge is -2.28. The maximum absolute atomic E-state index is 13.7. The van der Waals surface area contributed by atoms with Crippen LogP contribution in [0, 0.1) is 20.8 Å². The van der Waals surface area contributed by atoms with Crippen LogP contribution in [0.1, 0.15) is 51.7 Å². The fourth-order valence-electron chi connectivity index (χ4n) is 3.59. The topological polar surface area (TPSA) is 97.9 Å². The van der Waals surface area contributed by atoms with Gasteiger partial charge < -0.3 is 10.6 Å². The van der Waals surface area contributed by atoms with Crippen molar-refractivity contribution in [3.8, 4) is 0 Å². The molecule has 4 aromatic rings. The molecule has 0 aliphatic heterocycles. The second-order valence-electron chi connectivity index (χ2n) is 8.02. The van der Waals surface area contributed by atoms with Crippen LogP contribution in [0.3, 0.4) is 0 Å². The number of amides is 1. The predicted octanol–water partition coefficient (Wildman–Crippen LogP) is 4.33. The Hall–Kier alpha value is -3.87. The number of carbonyl (C=O) groups excluding carboxylic acids is 1. The van der Waals surface area contributed by atoms with Gasteiger partial charge in [-0.2, -0.15) is 0 Å². The lowest BCUT2D eigenvalue weighted by molar-refractivity contribution is 0.0663. The molecule has 32 heavy (non-hydrogen) atoms. The average molecular weight is 427 g/mol. The van der Waals surface area contributed by atoms with Crippen LogP contribution in [0.25, 0.3) is 10.9 Å². The van der Waals surface area contributed by atoms with E-state index in [9.17, 15) is 4.79 Å². The zero-order chi connectivity index (χ0) is 22.8. The number of fused-ring (bicyclic) bond motifs is 1. The molecule has 1 aromatic carbocycles. The van der Waals surface area contributed by atoms with E-state index in [1.165, 1.54) is 0 Å². The van der Waals surface area contributed by atoms with E-state index in [2.05, 4.69) is 19.9 Å². The van der Waals surface area contributed by atoms with Crippen LogP contribution in [-0.4, -0.2) is 30.7 Å². The third kappa shape index (κ3) is 4.27. The number of anilines is 1. The number of nitrogens with zero attached hydrogens (tertiary/aromatic N) is 5. The zero-order valence-electron chi connectivity index (χ0n) is 18.7. The summed E-state index contributed by atoms with van der Waals surface area (Å²) < 4.78 is 0. The highest BCUT2D eigenvalue weighted by Gasteiger charge is 2.25. The summed E-state index contributed by atoms with van der Waals surface area (Å²) in [4.78, 5) is 33.3. The number of benzene rings is 1. The number of aryl methyl sites for hydroxylation is 3. The van der Waals surface area contributed by atoms with Crippen LogP contribution in [0.5, 0.6) is 0 Å². The number of aromatic nitrogens is 4. The minimum absolute atomic E-state index is 0.124. The van der Waals surface area contributed by atoms with Crippen LogP contribution in [0.4, 0.5) is 5.82 Å². The smallest absolute Gasteiger partial charge is 0.254 e. The van der Waals surface area contributed by atoms with E-state index in [1.54, 1.807) is 29.4 Å². The number of rotatable bonds is 5. The minimum atomic E-state index is -0.339. The summed E-state index contributed by atoms with van der Waals surface area (Å²) in [6.07, 6.45) is 3.37. The number of hydrogen-bond acceptors (Lipinski definition) is 6. The van der Waals surface area contributed by atoms with Crippen molar-refractivity contribution in [2.75, 3.05) is 5.73 Å². The van der Waals surface area contributed by atoms with Gasteiger partial charge in [0.05, 0.1) is 23.8 Å². The highest BCUT2D eigenvalue weighted by molar-refractivity contribution is 5.98. The first kappa shape index (κ1) is 21.4. The van der Waals surface area contributed by atoms with Crippen molar-refractivity contribution in [2.24, 2.45) is 0 Å². The number of nitrogens with two attached hydrogens (primary N) is 1. The Morgan fingerprint density at radius 1 is 1.00 bits per heavy atom. The van der Waals surface area contributed by atoms with Crippen molar-refractivity contribution in [3.63, 3.8) is 0 Å². The van der Waals surface area contributed by atoms with E-state index in [-0.39, 0.29) is 11.9 Å². The van der Waals surface area contributed by atoms with Crippen LogP contribution in [0.2, 0.25) is 0 Å². The molecule has 162 valence electrons. The van der Waals surface area contributed by atoms with Gasteiger partial charge in [0.2, 0.25) is 0 Å². The van der Waals surface area contributed by atoms with E-state index in [0.717, 1.165) is 33.4 Å². The molecule has 0 saturated carbocycles. The Morgan fingerprint density at radius 2 is 1.75 bits per heavy atom. The second-order valence-corrected chi connectivity index (χ2v) is 8.02. The van der Waals surface area contributed by atoms with E-state index < -0.39 is 0 Å². The van der Waals surface area contributed by atoms with Gasteiger partial charge in [-0.3, -0.25) is 9.78 Å². The van der Waals surface area contributed by atoms with E-state index >= 15 is 0 Å². The molecule has 1 atom stereocenters. The zero-order valence-corrected chi connectivity index (χ0v) is 18.7. The summed E-state index contributed by atoms with van der Waals surface area (Å²) in [5.41, 5.74) is 11.0. The Bertz CT molecular complexity index is 1290. The first-order chi connectivity index (χ1) is 15.3. The van der Waals surface area contributed by atoms with Crippen LogP contribution < -0.4 is 5.73 Å². The van der Waals surface area contributed by atoms with E-state index in [0.29, 0.717) is 23.8 Å². The van der Waals surface area contributed by atoms with Gasteiger partial charge in [-0.25, -0.2) is 15.0 Å². The maximum Gasteiger partial charge on any atom is 0.254 e. The van der Waals surface area contributed by atoms with Gasteiger partial charge in [-0.1, -0.05) is 6.07 Å². The summed E-state index contributed by atoms with van der Waals surface area (Å²) >= 11 is 0. The molecule has 7 heteroatoms. The fourth-order valence-corrected chi connectivity index (χ4v) is 3.59. The molecule has 4 rings (SSSR count). The molecule has 0 aliphatic rings.